The van der Waals surface area contributed by atoms with Crippen molar-refractivity contribution in [2.24, 2.45) is 10.9 Å². The molecule has 1 fully saturated rings. The molecule has 0 aromatic heterocycles. The van der Waals surface area contributed by atoms with Crippen LogP contribution in [0.25, 0.3) is 0 Å². The van der Waals surface area contributed by atoms with Crippen molar-refractivity contribution in [3.05, 3.63) is 35.4 Å². The van der Waals surface area contributed by atoms with Gasteiger partial charge in [-0.05, 0) is 30.0 Å². The number of nitrogens with one attached hydrogen (secondary N) is 2. The van der Waals surface area contributed by atoms with Gasteiger partial charge in [0, 0.05) is 39.3 Å². The zero-order chi connectivity index (χ0) is 18.8. The van der Waals surface area contributed by atoms with E-state index >= 15 is 0 Å². The largest absolute Gasteiger partial charge is 0.379 e. The minimum Gasteiger partial charge on any atom is -0.379 e. The molecule has 1 aliphatic heterocycles. The van der Waals surface area contributed by atoms with Crippen molar-refractivity contribution in [2.45, 2.75) is 32.9 Å². The predicted octanol–water partition coefficient (Wildman–Crippen LogP) is 1.97. The van der Waals surface area contributed by atoms with Crippen LogP contribution in [0.2, 0.25) is 0 Å². The fraction of sp³-hybridized carbons (Fsp3) is 0.600. The Kier molecular flexibility index (Phi) is 8.39. The normalized spacial score (nSPS) is 17.0. The van der Waals surface area contributed by atoms with Crippen molar-refractivity contribution >= 4 is 5.96 Å². The molecule has 0 spiro atoms. The SMILES string of the molecule is CN=C(NCc1ccc(C#N)cc1)NCC(CC(C)C)N1CCOCC1. The molecule has 0 amide bonds. The van der Waals surface area contributed by atoms with Crippen molar-refractivity contribution in [2.75, 3.05) is 39.9 Å². The van der Waals surface area contributed by atoms with Gasteiger partial charge in [-0.1, -0.05) is 26.0 Å². The maximum Gasteiger partial charge on any atom is 0.191 e. The highest BCUT2D eigenvalue weighted by atomic mass is 16.5. The Hall–Kier alpha value is -2.10. The molecule has 1 aromatic carbocycles. The second-order valence-electron chi connectivity index (χ2n) is 7.05. The summed E-state index contributed by atoms with van der Waals surface area (Å²) in [6.45, 7) is 9.72. The molecule has 2 rings (SSSR count). The topological polar surface area (TPSA) is 72.7 Å². The lowest BCUT2D eigenvalue weighted by Crippen LogP contribution is -2.50. The van der Waals surface area contributed by atoms with E-state index in [-0.39, 0.29) is 0 Å². The average molecular weight is 358 g/mol. The lowest BCUT2D eigenvalue weighted by atomic mass is 10.0. The van der Waals surface area contributed by atoms with E-state index in [1.54, 1.807) is 7.05 Å². The molecule has 1 unspecified atom stereocenters. The highest BCUT2D eigenvalue weighted by Gasteiger charge is 2.22. The van der Waals surface area contributed by atoms with Gasteiger partial charge in [-0.25, -0.2) is 0 Å². The number of guanidine groups is 1. The summed E-state index contributed by atoms with van der Waals surface area (Å²) in [6.07, 6.45) is 1.15. The molecule has 0 aliphatic carbocycles. The van der Waals surface area contributed by atoms with Crippen LogP contribution < -0.4 is 10.6 Å². The van der Waals surface area contributed by atoms with E-state index < -0.39 is 0 Å². The number of hydrogen-bond donors (Lipinski definition) is 2. The molecule has 1 heterocycles. The average Bonchev–Trinajstić information content (AvgIpc) is 2.68. The van der Waals surface area contributed by atoms with Gasteiger partial charge >= 0.3 is 0 Å². The maximum atomic E-state index is 8.87. The molecule has 1 atom stereocenters. The first-order chi connectivity index (χ1) is 12.6. The van der Waals surface area contributed by atoms with Gasteiger partial charge in [0.25, 0.3) is 0 Å². The first kappa shape index (κ1) is 20.2. The molecule has 2 N–H and O–H groups in total. The molecule has 1 saturated heterocycles. The number of morpholine rings is 1. The highest BCUT2D eigenvalue weighted by Crippen LogP contribution is 2.13. The van der Waals surface area contributed by atoms with Gasteiger partial charge in [0.05, 0.1) is 24.8 Å². The molecule has 26 heavy (non-hydrogen) atoms. The van der Waals surface area contributed by atoms with Gasteiger partial charge in [0.2, 0.25) is 0 Å². The minimum absolute atomic E-state index is 0.479. The van der Waals surface area contributed by atoms with Gasteiger partial charge in [-0.15, -0.1) is 0 Å². The summed E-state index contributed by atoms with van der Waals surface area (Å²) in [5.74, 6) is 1.45. The Morgan fingerprint density at radius 2 is 1.92 bits per heavy atom. The van der Waals surface area contributed by atoms with Crippen molar-refractivity contribution < 1.29 is 4.74 Å². The lowest BCUT2D eigenvalue weighted by molar-refractivity contribution is 0.0132. The molecule has 142 valence electrons. The number of ether oxygens (including phenoxy) is 1. The van der Waals surface area contributed by atoms with Gasteiger partial charge < -0.3 is 15.4 Å². The standard InChI is InChI=1S/C20H31N5O/c1-16(2)12-19(25-8-10-26-11-9-25)15-24-20(22-3)23-14-18-6-4-17(13-21)5-7-18/h4-7,16,19H,8-12,14-15H2,1-3H3,(H2,22,23,24). The highest BCUT2D eigenvalue weighted by molar-refractivity contribution is 5.79. The van der Waals surface area contributed by atoms with Crippen LogP contribution in [0.3, 0.4) is 0 Å². The maximum absolute atomic E-state index is 8.87. The van der Waals surface area contributed by atoms with Crippen molar-refractivity contribution in [1.82, 2.24) is 15.5 Å². The monoisotopic (exact) mass is 357 g/mol. The van der Waals surface area contributed by atoms with Gasteiger partial charge in [0.1, 0.15) is 0 Å². The summed E-state index contributed by atoms with van der Waals surface area (Å²) < 4.78 is 5.49. The quantitative estimate of drug-likeness (QED) is 0.577. The molecule has 0 saturated carbocycles. The zero-order valence-corrected chi connectivity index (χ0v) is 16.2. The number of hydrogen-bond acceptors (Lipinski definition) is 4. The van der Waals surface area contributed by atoms with E-state index in [2.05, 4.69) is 40.4 Å². The van der Waals surface area contributed by atoms with Gasteiger partial charge in [-0.2, -0.15) is 5.26 Å². The van der Waals surface area contributed by atoms with E-state index in [4.69, 9.17) is 10.00 Å². The van der Waals surface area contributed by atoms with Crippen molar-refractivity contribution in [3.8, 4) is 6.07 Å². The van der Waals surface area contributed by atoms with E-state index in [9.17, 15) is 0 Å². The predicted molar refractivity (Wildman–Crippen MR) is 105 cm³/mol. The van der Waals surface area contributed by atoms with Crippen molar-refractivity contribution in [1.29, 1.82) is 5.26 Å². The first-order valence-electron chi connectivity index (χ1n) is 9.37. The Morgan fingerprint density at radius 3 is 2.50 bits per heavy atom. The third-order valence-electron chi connectivity index (χ3n) is 4.58. The minimum atomic E-state index is 0.479. The van der Waals surface area contributed by atoms with E-state index in [1.807, 2.05) is 24.3 Å². The Bertz CT molecular complexity index is 600. The fourth-order valence-corrected chi connectivity index (χ4v) is 3.17. The molecule has 1 aromatic rings. The Labute approximate surface area is 157 Å². The van der Waals surface area contributed by atoms with Crippen LogP contribution in [0.1, 0.15) is 31.4 Å². The van der Waals surface area contributed by atoms with Crippen LogP contribution in [-0.2, 0) is 11.3 Å². The Balaban J connectivity index is 1.85. The molecule has 0 radical (unpaired) electrons. The summed E-state index contributed by atoms with van der Waals surface area (Å²) in [4.78, 5) is 6.85. The third kappa shape index (κ3) is 6.66. The number of benzene rings is 1. The molecule has 6 nitrogen and oxygen atoms in total. The summed E-state index contributed by atoms with van der Waals surface area (Å²) in [5.41, 5.74) is 1.80. The first-order valence-corrected chi connectivity index (χ1v) is 9.37. The van der Waals surface area contributed by atoms with Crippen molar-refractivity contribution in [3.63, 3.8) is 0 Å². The van der Waals surface area contributed by atoms with E-state index in [1.165, 1.54) is 0 Å². The summed E-state index contributed by atoms with van der Waals surface area (Å²) in [7, 11) is 1.79. The van der Waals surface area contributed by atoms with Crippen LogP contribution in [0, 0.1) is 17.2 Å². The third-order valence-corrected chi connectivity index (χ3v) is 4.58. The lowest BCUT2D eigenvalue weighted by Gasteiger charge is -2.35. The number of aliphatic imine (C=N–C) groups is 1. The van der Waals surface area contributed by atoms with Crippen LogP contribution in [0.5, 0.6) is 0 Å². The number of nitrogens with zero attached hydrogens (tertiary/aromatic N) is 3. The molecule has 6 heteroatoms. The van der Waals surface area contributed by atoms with Gasteiger partial charge in [0.15, 0.2) is 5.96 Å². The zero-order valence-electron chi connectivity index (χ0n) is 16.2. The van der Waals surface area contributed by atoms with E-state index in [0.717, 1.165) is 50.8 Å². The summed E-state index contributed by atoms with van der Waals surface area (Å²) in [5, 5.41) is 15.7. The number of rotatable bonds is 7. The molecular formula is C20H31N5O. The van der Waals surface area contributed by atoms with Gasteiger partial charge in [-0.3, -0.25) is 9.89 Å². The number of nitriles is 1. The molecular weight excluding hydrogens is 326 g/mol. The summed E-state index contributed by atoms with van der Waals surface area (Å²) in [6, 6.07) is 10.2. The summed E-state index contributed by atoms with van der Waals surface area (Å²) >= 11 is 0. The van der Waals surface area contributed by atoms with Crippen LogP contribution in [0.15, 0.2) is 29.3 Å². The molecule has 1 aliphatic rings. The smallest absolute Gasteiger partial charge is 0.191 e. The molecule has 0 bridgehead atoms. The van der Waals surface area contributed by atoms with Crippen LogP contribution in [0.4, 0.5) is 0 Å². The second kappa shape index (κ2) is 10.8. The second-order valence-corrected chi connectivity index (χ2v) is 7.05. The van der Waals surface area contributed by atoms with E-state index in [0.29, 0.717) is 24.1 Å². The van der Waals surface area contributed by atoms with Crippen LogP contribution >= 0.6 is 0 Å². The fourth-order valence-electron chi connectivity index (χ4n) is 3.17. The Morgan fingerprint density at radius 1 is 1.23 bits per heavy atom. The van der Waals surface area contributed by atoms with Crippen LogP contribution in [-0.4, -0.2) is 56.8 Å².